The molecule has 0 radical (unpaired) electrons. The topological polar surface area (TPSA) is 12.0 Å². The van der Waals surface area contributed by atoms with Crippen molar-refractivity contribution in [3.8, 4) is 12.3 Å². The average molecular weight is 125 g/mol. The predicted molar refractivity (Wildman–Crippen MR) is 41.2 cm³/mol. The Morgan fingerprint density at radius 3 is 2.44 bits per heavy atom. The van der Waals surface area contributed by atoms with E-state index in [2.05, 4.69) is 25.1 Å². The highest BCUT2D eigenvalue weighted by molar-refractivity contribution is 4.91. The zero-order chi connectivity index (χ0) is 7.33. The van der Waals surface area contributed by atoms with Crippen LogP contribution in [0.3, 0.4) is 0 Å². The molecular weight excluding hydrogens is 110 g/mol. The highest BCUT2D eigenvalue weighted by Gasteiger charge is 2.13. The van der Waals surface area contributed by atoms with Crippen LogP contribution in [0.1, 0.15) is 20.3 Å². The van der Waals surface area contributed by atoms with Crippen molar-refractivity contribution in [2.45, 2.75) is 20.3 Å². The summed E-state index contributed by atoms with van der Waals surface area (Å²) in [6, 6.07) is 0. The Kier molecular flexibility index (Phi) is 3.34. The van der Waals surface area contributed by atoms with Gasteiger partial charge in [-0.2, -0.15) is 0 Å². The van der Waals surface area contributed by atoms with E-state index in [0.29, 0.717) is 0 Å². The summed E-state index contributed by atoms with van der Waals surface area (Å²) < 4.78 is 0. The Morgan fingerprint density at radius 1 is 1.56 bits per heavy atom. The first-order valence-electron chi connectivity index (χ1n) is 3.20. The van der Waals surface area contributed by atoms with Gasteiger partial charge in [-0.25, -0.2) is 0 Å². The van der Waals surface area contributed by atoms with Crippen LogP contribution in [0.5, 0.6) is 0 Å². The molecule has 0 aliphatic carbocycles. The van der Waals surface area contributed by atoms with Gasteiger partial charge in [0.05, 0.1) is 0 Å². The zero-order valence-corrected chi connectivity index (χ0v) is 6.49. The Bertz CT molecular complexity index is 108. The van der Waals surface area contributed by atoms with Crippen LogP contribution in [-0.4, -0.2) is 13.6 Å². The fourth-order valence-electron chi connectivity index (χ4n) is 0.817. The SMILES string of the molecule is C#CCC(C)(C)CNC. The smallest absolute Gasteiger partial charge is 0.0149 e. The molecule has 1 N–H and O–H groups in total. The molecule has 1 heteroatoms. The number of hydrogen-bond donors (Lipinski definition) is 1. The molecular formula is C8H15N. The van der Waals surface area contributed by atoms with Crippen molar-refractivity contribution in [3.63, 3.8) is 0 Å². The monoisotopic (exact) mass is 125 g/mol. The molecule has 0 amide bonds. The third-order valence-electron chi connectivity index (χ3n) is 1.24. The molecule has 0 aromatic rings. The second-order valence-corrected chi connectivity index (χ2v) is 3.08. The molecule has 52 valence electrons. The van der Waals surface area contributed by atoms with Gasteiger partial charge in [0, 0.05) is 13.0 Å². The van der Waals surface area contributed by atoms with Crippen molar-refractivity contribution in [3.05, 3.63) is 0 Å². The van der Waals surface area contributed by atoms with Crippen molar-refractivity contribution in [1.82, 2.24) is 5.32 Å². The predicted octanol–water partition coefficient (Wildman–Crippen LogP) is 1.26. The Labute approximate surface area is 57.8 Å². The summed E-state index contributed by atoms with van der Waals surface area (Å²) in [5.74, 6) is 2.65. The van der Waals surface area contributed by atoms with Crippen molar-refractivity contribution in [1.29, 1.82) is 0 Å². The molecule has 0 spiro atoms. The Morgan fingerprint density at radius 2 is 2.11 bits per heavy atom. The number of rotatable bonds is 3. The van der Waals surface area contributed by atoms with E-state index in [1.54, 1.807) is 0 Å². The first-order valence-corrected chi connectivity index (χ1v) is 3.20. The van der Waals surface area contributed by atoms with E-state index >= 15 is 0 Å². The molecule has 0 aliphatic rings. The van der Waals surface area contributed by atoms with E-state index in [0.717, 1.165) is 13.0 Å². The van der Waals surface area contributed by atoms with Crippen LogP contribution in [-0.2, 0) is 0 Å². The normalized spacial score (nSPS) is 10.9. The van der Waals surface area contributed by atoms with E-state index in [-0.39, 0.29) is 5.41 Å². The summed E-state index contributed by atoms with van der Waals surface area (Å²) in [5, 5.41) is 3.10. The lowest BCUT2D eigenvalue weighted by Crippen LogP contribution is -2.25. The summed E-state index contributed by atoms with van der Waals surface area (Å²) in [4.78, 5) is 0. The van der Waals surface area contributed by atoms with Crippen LogP contribution in [0.25, 0.3) is 0 Å². The largest absolute Gasteiger partial charge is 0.319 e. The molecule has 0 fully saturated rings. The van der Waals surface area contributed by atoms with Crippen LogP contribution < -0.4 is 5.32 Å². The average Bonchev–Trinajstić information content (AvgIpc) is 1.64. The third-order valence-corrected chi connectivity index (χ3v) is 1.24. The van der Waals surface area contributed by atoms with Crippen LogP contribution in [0, 0.1) is 17.8 Å². The molecule has 0 unspecified atom stereocenters. The van der Waals surface area contributed by atoms with Crippen molar-refractivity contribution in [2.75, 3.05) is 13.6 Å². The summed E-state index contributed by atoms with van der Waals surface area (Å²) in [5.41, 5.74) is 0.253. The minimum atomic E-state index is 0.253. The maximum Gasteiger partial charge on any atom is 0.0149 e. The van der Waals surface area contributed by atoms with Gasteiger partial charge in [-0.05, 0) is 12.5 Å². The van der Waals surface area contributed by atoms with Gasteiger partial charge in [0.2, 0.25) is 0 Å². The maximum absolute atomic E-state index is 5.17. The van der Waals surface area contributed by atoms with Gasteiger partial charge in [0.25, 0.3) is 0 Å². The van der Waals surface area contributed by atoms with Gasteiger partial charge in [-0.15, -0.1) is 12.3 Å². The van der Waals surface area contributed by atoms with Gasteiger partial charge < -0.3 is 5.32 Å². The highest BCUT2D eigenvalue weighted by atomic mass is 14.8. The minimum absolute atomic E-state index is 0.253. The molecule has 0 heterocycles. The van der Waals surface area contributed by atoms with Gasteiger partial charge in [0.15, 0.2) is 0 Å². The highest BCUT2D eigenvalue weighted by Crippen LogP contribution is 2.16. The summed E-state index contributed by atoms with van der Waals surface area (Å²) in [6.45, 7) is 5.30. The fourth-order valence-corrected chi connectivity index (χ4v) is 0.817. The van der Waals surface area contributed by atoms with E-state index in [9.17, 15) is 0 Å². The van der Waals surface area contributed by atoms with Crippen molar-refractivity contribution >= 4 is 0 Å². The minimum Gasteiger partial charge on any atom is -0.319 e. The zero-order valence-electron chi connectivity index (χ0n) is 6.49. The first kappa shape index (κ1) is 8.52. The van der Waals surface area contributed by atoms with Gasteiger partial charge in [-0.3, -0.25) is 0 Å². The molecule has 0 saturated heterocycles. The van der Waals surface area contributed by atoms with E-state index < -0.39 is 0 Å². The van der Waals surface area contributed by atoms with Gasteiger partial charge in [-0.1, -0.05) is 13.8 Å². The molecule has 0 rings (SSSR count). The number of nitrogens with one attached hydrogen (secondary N) is 1. The van der Waals surface area contributed by atoms with Crippen LogP contribution in [0.15, 0.2) is 0 Å². The van der Waals surface area contributed by atoms with E-state index in [1.165, 1.54) is 0 Å². The molecule has 0 aromatic carbocycles. The second-order valence-electron chi connectivity index (χ2n) is 3.08. The summed E-state index contributed by atoms with van der Waals surface area (Å²) >= 11 is 0. The number of hydrogen-bond acceptors (Lipinski definition) is 1. The lowest BCUT2D eigenvalue weighted by atomic mass is 9.90. The van der Waals surface area contributed by atoms with Gasteiger partial charge in [0.1, 0.15) is 0 Å². The maximum atomic E-state index is 5.17. The van der Waals surface area contributed by atoms with Crippen LogP contribution in [0.4, 0.5) is 0 Å². The molecule has 0 bridgehead atoms. The molecule has 9 heavy (non-hydrogen) atoms. The van der Waals surface area contributed by atoms with Crippen molar-refractivity contribution < 1.29 is 0 Å². The lowest BCUT2D eigenvalue weighted by Gasteiger charge is -2.20. The lowest BCUT2D eigenvalue weighted by molar-refractivity contribution is 0.363. The molecule has 1 nitrogen and oxygen atoms in total. The second kappa shape index (κ2) is 3.53. The summed E-state index contributed by atoms with van der Waals surface area (Å²) in [7, 11) is 1.94. The van der Waals surface area contributed by atoms with Gasteiger partial charge >= 0.3 is 0 Å². The Balaban J connectivity index is 3.59. The molecule has 0 aliphatic heterocycles. The van der Waals surface area contributed by atoms with E-state index in [1.807, 2.05) is 7.05 Å². The first-order chi connectivity index (χ1) is 4.12. The summed E-state index contributed by atoms with van der Waals surface area (Å²) in [6.07, 6.45) is 6.01. The molecule has 0 saturated carbocycles. The quantitative estimate of drug-likeness (QED) is 0.560. The third kappa shape index (κ3) is 4.05. The standard InChI is InChI=1S/C8H15N/c1-5-6-8(2,3)7-9-4/h1,9H,6-7H2,2-4H3. The molecule has 0 atom stereocenters. The molecule has 0 aromatic heterocycles. The Hall–Kier alpha value is -0.480. The number of terminal acetylenes is 1. The van der Waals surface area contributed by atoms with Crippen LogP contribution in [0.2, 0.25) is 0 Å². The van der Waals surface area contributed by atoms with E-state index in [4.69, 9.17) is 6.42 Å². The van der Waals surface area contributed by atoms with Crippen LogP contribution >= 0.6 is 0 Å². The fraction of sp³-hybridized carbons (Fsp3) is 0.750. The van der Waals surface area contributed by atoms with Crippen molar-refractivity contribution in [2.24, 2.45) is 5.41 Å².